The molecular formula is C15H17N3O4S. The number of nitro groups is 1. The van der Waals surface area contributed by atoms with Gasteiger partial charge in [-0.3, -0.25) is 19.8 Å². The number of amides is 1. The molecule has 1 aromatic heterocycles. The van der Waals surface area contributed by atoms with Crippen LogP contribution in [-0.4, -0.2) is 22.4 Å². The molecule has 2 rings (SSSR count). The van der Waals surface area contributed by atoms with Crippen LogP contribution in [0.25, 0.3) is 0 Å². The van der Waals surface area contributed by atoms with Gasteiger partial charge in [0, 0.05) is 24.9 Å². The highest BCUT2D eigenvalue weighted by molar-refractivity contribution is 7.14. The largest absolute Gasteiger partial charge is 0.487 e. The van der Waals surface area contributed by atoms with Gasteiger partial charge in [0.15, 0.2) is 5.13 Å². The number of nitrogens with zero attached hydrogens (tertiary/aromatic N) is 3. The van der Waals surface area contributed by atoms with Crippen LogP contribution < -0.4 is 9.64 Å². The van der Waals surface area contributed by atoms with E-state index in [-0.39, 0.29) is 18.2 Å². The van der Waals surface area contributed by atoms with Gasteiger partial charge in [-0.15, -0.1) is 11.3 Å². The van der Waals surface area contributed by atoms with E-state index in [9.17, 15) is 14.9 Å². The Bertz CT molecular complexity index is 729. The van der Waals surface area contributed by atoms with Crippen LogP contribution in [0, 0.1) is 17.0 Å². The van der Waals surface area contributed by atoms with Crippen molar-refractivity contribution in [3.63, 3.8) is 0 Å². The smallest absolute Gasteiger partial charge is 0.276 e. The molecule has 2 aromatic rings. The summed E-state index contributed by atoms with van der Waals surface area (Å²) in [6, 6.07) is 4.71. The van der Waals surface area contributed by atoms with Gasteiger partial charge < -0.3 is 4.74 Å². The average molecular weight is 335 g/mol. The Kier molecular flexibility index (Phi) is 5.28. The van der Waals surface area contributed by atoms with E-state index >= 15 is 0 Å². The van der Waals surface area contributed by atoms with E-state index < -0.39 is 4.92 Å². The van der Waals surface area contributed by atoms with Crippen molar-refractivity contribution in [1.82, 2.24) is 4.98 Å². The van der Waals surface area contributed by atoms with Crippen LogP contribution in [0.3, 0.4) is 0 Å². The van der Waals surface area contributed by atoms with Gasteiger partial charge >= 0.3 is 0 Å². The van der Waals surface area contributed by atoms with E-state index in [0.717, 1.165) is 0 Å². The maximum absolute atomic E-state index is 11.5. The maximum atomic E-state index is 11.5. The predicted molar refractivity (Wildman–Crippen MR) is 88.0 cm³/mol. The zero-order valence-corrected chi connectivity index (χ0v) is 13.9. The molecule has 0 aliphatic carbocycles. The van der Waals surface area contributed by atoms with Crippen LogP contribution in [0.2, 0.25) is 0 Å². The first-order valence-electron chi connectivity index (χ1n) is 7.03. The molecule has 0 unspecified atom stereocenters. The van der Waals surface area contributed by atoms with Gasteiger partial charge in [0.1, 0.15) is 12.4 Å². The fourth-order valence-electron chi connectivity index (χ4n) is 2.09. The molecule has 0 saturated heterocycles. The van der Waals surface area contributed by atoms with Crippen LogP contribution >= 0.6 is 11.3 Å². The minimum atomic E-state index is -0.435. The number of benzene rings is 1. The lowest BCUT2D eigenvalue weighted by molar-refractivity contribution is -0.385. The summed E-state index contributed by atoms with van der Waals surface area (Å²) in [4.78, 5) is 27.9. The van der Waals surface area contributed by atoms with Crippen molar-refractivity contribution in [3.05, 3.63) is 45.0 Å². The summed E-state index contributed by atoms with van der Waals surface area (Å²) in [5, 5.41) is 13.4. The molecule has 0 radical (unpaired) electrons. The molecule has 0 saturated carbocycles. The van der Waals surface area contributed by atoms with E-state index in [1.54, 1.807) is 24.0 Å². The summed E-state index contributed by atoms with van der Waals surface area (Å²) in [7, 11) is 0. The molecule has 0 bridgehead atoms. The zero-order chi connectivity index (χ0) is 17.0. The molecule has 0 aliphatic heterocycles. The molecule has 7 nitrogen and oxygen atoms in total. The quantitative estimate of drug-likeness (QED) is 0.597. The lowest BCUT2D eigenvalue weighted by atomic mass is 10.2. The first-order chi connectivity index (χ1) is 10.9. The Balaban J connectivity index is 2.10. The first kappa shape index (κ1) is 16.9. The Morgan fingerprint density at radius 1 is 1.48 bits per heavy atom. The lowest BCUT2D eigenvalue weighted by Gasteiger charge is -2.14. The van der Waals surface area contributed by atoms with Gasteiger partial charge in [0.05, 0.1) is 16.2 Å². The number of carbonyl (C=O) groups is 1. The molecule has 1 amide bonds. The molecule has 8 heteroatoms. The van der Waals surface area contributed by atoms with Gasteiger partial charge in [-0.05, 0) is 19.9 Å². The van der Waals surface area contributed by atoms with E-state index in [2.05, 4.69) is 4.98 Å². The van der Waals surface area contributed by atoms with E-state index in [4.69, 9.17) is 4.74 Å². The summed E-state index contributed by atoms with van der Waals surface area (Å²) in [5.74, 6) is 0.386. The van der Waals surface area contributed by atoms with Gasteiger partial charge in [0.2, 0.25) is 5.91 Å². The summed E-state index contributed by atoms with van der Waals surface area (Å²) >= 11 is 1.36. The topological polar surface area (TPSA) is 85.6 Å². The standard InChI is InChI=1S/C15H17N3O4S/c1-4-17(11(3)19)15-16-12(9-23-15)8-22-14-7-5-6-13(10(14)2)18(20)21/h5-7,9H,4,8H2,1-3H3. The van der Waals surface area contributed by atoms with Gasteiger partial charge in [-0.1, -0.05) is 6.07 Å². The Hall–Kier alpha value is -2.48. The van der Waals surface area contributed by atoms with Crippen molar-refractivity contribution < 1.29 is 14.5 Å². The number of nitro benzene ring substituents is 1. The third-order valence-electron chi connectivity index (χ3n) is 3.29. The molecule has 23 heavy (non-hydrogen) atoms. The van der Waals surface area contributed by atoms with Crippen LogP contribution in [0.15, 0.2) is 23.6 Å². The molecule has 1 heterocycles. The Labute approximate surface area is 137 Å². The third-order valence-corrected chi connectivity index (χ3v) is 4.21. The summed E-state index contributed by atoms with van der Waals surface area (Å²) < 4.78 is 5.64. The number of rotatable bonds is 6. The van der Waals surface area contributed by atoms with Gasteiger partial charge in [-0.2, -0.15) is 0 Å². The van der Waals surface area contributed by atoms with Crippen molar-refractivity contribution >= 4 is 28.1 Å². The van der Waals surface area contributed by atoms with Crippen LogP contribution in [0.5, 0.6) is 5.75 Å². The lowest BCUT2D eigenvalue weighted by Crippen LogP contribution is -2.27. The number of aromatic nitrogens is 1. The van der Waals surface area contributed by atoms with E-state index in [1.807, 2.05) is 12.3 Å². The monoisotopic (exact) mass is 335 g/mol. The SMILES string of the molecule is CCN(C(C)=O)c1nc(COc2cccc([N+](=O)[O-])c2C)cs1. The van der Waals surface area contributed by atoms with E-state index in [0.29, 0.717) is 28.7 Å². The molecule has 0 spiro atoms. The molecular weight excluding hydrogens is 318 g/mol. The molecule has 0 aliphatic rings. The summed E-state index contributed by atoms with van der Waals surface area (Å²) in [6.07, 6.45) is 0. The highest BCUT2D eigenvalue weighted by Gasteiger charge is 2.16. The minimum Gasteiger partial charge on any atom is -0.487 e. The maximum Gasteiger partial charge on any atom is 0.276 e. The number of hydrogen-bond acceptors (Lipinski definition) is 6. The first-order valence-corrected chi connectivity index (χ1v) is 7.91. The van der Waals surface area contributed by atoms with Crippen molar-refractivity contribution in [2.45, 2.75) is 27.4 Å². The van der Waals surface area contributed by atoms with E-state index in [1.165, 1.54) is 24.3 Å². The van der Waals surface area contributed by atoms with Crippen LogP contribution in [0.1, 0.15) is 25.1 Å². The molecule has 1 aromatic carbocycles. The fraction of sp³-hybridized carbons (Fsp3) is 0.333. The number of anilines is 1. The summed E-state index contributed by atoms with van der Waals surface area (Å²) in [6.45, 7) is 5.76. The molecule has 122 valence electrons. The van der Waals surface area contributed by atoms with Crippen molar-refractivity contribution in [2.24, 2.45) is 0 Å². The summed E-state index contributed by atoms with van der Waals surface area (Å²) in [5.41, 5.74) is 1.18. The predicted octanol–water partition coefficient (Wildman–Crippen LogP) is 3.31. The van der Waals surface area contributed by atoms with Gasteiger partial charge in [0.25, 0.3) is 5.69 Å². The molecule has 0 fully saturated rings. The normalized spacial score (nSPS) is 10.4. The van der Waals surface area contributed by atoms with Gasteiger partial charge in [-0.25, -0.2) is 4.98 Å². The highest BCUT2D eigenvalue weighted by atomic mass is 32.1. The molecule has 0 atom stereocenters. The minimum absolute atomic E-state index is 0.0233. The number of ether oxygens (including phenoxy) is 1. The second kappa shape index (κ2) is 7.19. The van der Waals surface area contributed by atoms with Crippen LogP contribution in [-0.2, 0) is 11.4 Å². The average Bonchev–Trinajstić information content (AvgIpc) is 2.95. The van der Waals surface area contributed by atoms with Crippen molar-refractivity contribution in [2.75, 3.05) is 11.4 Å². The third kappa shape index (κ3) is 3.84. The number of hydrogen-bond donors (Lipinski definition) is 0. The highest BCUT2D eigenvalue weighted by Crippen LogP contribution is 2.28. The Morgan fingerprint density at radius 2 is 2.22 bits per heavy atom. The number of carbonyl (C=O) groups excluding carboxylic acids is 1. The fourth-order valence-corrected chi connectivity index (χ4v) is 3.00. The second-order valence-electron chi connectivity index (χ2n) is 4.83. The van der Waals surface area contributed by atoms with Crippen LogP contribution in [0.4, 0.5) is 10.8 Å². The molecule has 0 N–H and O–H groups in total. The Morgan fingerprint density at radius 3 is 2.83 bits per heavy atom. The second-order valence-corrected chi connectivity index (χ2v) is 5.67. The van der Waals surface area contributed by atoms with Crippen molar-refractivity contribution in [1.29, 1.82) is 0 Å². The zero-order valence-electron chi connectivity index (χ0n) is 13.1. The number of thiazole rings is 1. The van der Waals surface area contributed by atoms with Crippen molar-refractivity contribution in [3.8, 4) is 5.75 Å².